The van der Waals surface area contributed by atoms with Crippen molar-refractivity contribution in [2.24, 2.45) is 0 Å². The predicted octanol–water partition coefficient (Wildman–Crippen LogP) is 1.10. The van der Waals surface area contributed by atoms with E-state index in [0.29, 0.717) is 19.5 Å². The highest BCUT2D eigenvalue weighted by atomic mass is 16.3. The molecule has 1 amide bonds. The Kier molecular flexibility index (Phi) is 5.18. The van der Waals surface area contributed by atoms with Crippen LogP contribution in [0.4, 0.5) is 5.69 Å². The molecule has 5 heteroatoms. The van der Waals surface area contributed by atoms with Gasteiger partial charge in [0.15, 0.2) is 0 Å². The molecule has 0 bridgehead atoms. The molecule has 3 rings (SSSR count). The molecule has 0 radical (unpaired) electrons. The lowest BCUT2D eigenvalue weighted by molar-refractivity contribution is -0.130. The second kappa shape index (κ2) is 7.32. The van der Waals surface area contributed by atoms with Crippen LogP contribution in [0.5, 0.6) is 0 Å². The van der Waals surface area contributed by atoms with E-state index in [1.165, 1.54) is 11.3 Å². The molecular formula is C18H27N3O2. The van der Waals surface area contributed by atoms with Crippen LogP contribution >= 0.6 is 0 Å². The summed E-state index contributed by atoms with van der Waals surface area (Å²) in [5, 5.41) is 9.51. The normalized spacial score (nSPS) is 22.6. The molecule has 1 N–H and O–H groups in total. The molecule has 0 aliphatic carbocycles. The van der Waals surface area contributed by atoms with Crippen molar-refractivity contribution in [2.45, 2.75) is 25.9 Å². The van der Waals surface area contributed by atoms with Crippen molar-refractivity contribution >= 4 is 11.6 Å². The molecule has 2 aliphatic heterocycles. The molecule has 1 aromatic carbocycles. The highest BCUT2D eigenvalue weighted by Gasteiger charge is 2.25. The van der Waals surface area contributed by atoms with Crippen molar-refractivity contribution in [3.05, 3.63) is 29.8 Å². The second-order valence-electron chi connectivity index (χ2n) is 6.70. The predicted molar refractivity (Wildman–Crippen MR) is 91.7 cm³/mol. The van der Waals surface area contributed by atoms with Gasteiger partial charge >= 0.3 is 0 Å². The largest absolute Gasteiger partial charge is 0.391 e. The summed E-state index contributed by atoms with van der Waals surface area (Å²) in [7, 11) is 0. The maximum Gasteiger partial charge on any atom is 0.223 e. The van der Waals surface area contributed by atoms with E-state index in [1.807, 2.05) is 0 Å². The Balaban J connectivity index is 1.42. The van der Waals surface area contributed by atoms with Crippen molar-refractivity contribution < 1.29 is 9.90 Å². The van der Waals surface area contributed by atoms with Gasteiger partial charge in [0, 0.05) is 57.9 Å². The summed E-state index contributed by atoms with van der Waals surface area (Å²) < 4.78 is 0. The van der Waals surface area contributed by atoms with Crippen molar-refractivity contribution in [2.75, 3.05) is 50.7 Å². The fourth-order valence-corrected chi connectivity index (χ4v) is 3.43. The molecule has 1 aromatic rings. The molecule has 0 saturated carbocycles. The van der Waals surface area contributed by atoms with E-state index in [2.05, 4.69) is 41.0 Å². The van der Waals surface area contributed by atoms with Crippen LogP contribution < -0.4 is 4.90 Å². The van der Waals surface area contributed by atoms with Gasteiger partial charge in [-0.3, -0.25) is 9.69 Å². The molecule has 2 aliphatic rings. The number of piperazine rings is 1. The molecule has 5 nitrogen and oxygen atoms in total. The molecule has 2 saturated heterocycles. The van der Waals surface area contributed by atoms with Crippen molar-refractivity contribution in [1.82, 2.24) is 9.80 Å². The van der Waals surface area contributed by atoms with Gasteiger partial charge in [-0.1, -0.05) is 12.1 Å². The molecular weight excluding hydrogens is 290 g/mol. The number of hydrogen-bond donors (Lipinski definition) is 1. The van der Waals surface area contributed by atoms with Gasteiger partial charge in [-0.2, -0.15) is 0 Å². The summed E-state index contributed by atoms with van der Waals surface area (Å²) in [5.41, 5.74) is 2.59. The average Bonchev–Trinajstić information content (AvgIpc) is 3.00. The third-order valence-electron chi connectivity index (χ3n) is 4.90. The summed E-state index contributed by atoms with van der Waals surface area (Å²) in [4.78, 5) is 18.7. The zero-order valence-corrected chi connectivity index (χ0v) is 13.9. The van der Waals surface area contributed by atoms with E-state index < -0.39 is 0 Å². The van der Waals surface area contributed by atoms with Gasteiger partial charge in [0.2, 0.25) is 5.91 Å². The standard InChI is InChI=1S/C18H27N3O2/c1-15-3-2-4-16(13-15)20-11-9-19(10-12-20)7-6-18(23)21-8-5-17(22)14-21/h2-4,13,17,22H,5-12,14H2,1H3/t17-/m0/s1. The molecule has 1 atom stereocenters. The smallest absolute Gasteiger partial charge is 0.223 e. The number of amides is 1. The van der Waals surface area contributed by atoms with Crippen molar-refractivity contribution in [3.63, 3.8) is 0 Å². The molecule has 23 heavy (non-hydrogen) atoms. The van der Waals surface area contributed by atoms with Crippen molar-refractivity contribution in [1.29, 1.82) is 0 Å². The summed E-state index contributed by atoms with van der Waals surface area (Å²) in [5.74, 6) is 0.183. The van der Waals surface area contributed by atoms with Crippen LogP contribution in [-0.4, -0.2) is 72.7 Å². The lowest BCUT2D eigenvalue weighted by Gasteiger charge is -2.36. The van der Waals surface area contributed by atoms with Crippen molar-refractivity contribution in [3.8, 4) is 0 Å². The molecule has 0 aromatic heterocycles. The highest BCUT2D eigenvalue weighted by molar-refractivity contribution is 5.76. The van der Waals surface area contributed by atoms with E-state index in [-0.39, 0.29) is 12.0 Å². The molecule has 2 heterocycles. The molecule has 0 unspecified atom stereocenters. The first-order valence-corrected chi connectivity index (χ1v) is 8.61. The first-order valence-electron chi connectivity index (χ1n) is 8.61. The number of likely N-dealkylation sites (tertiary alicyclic amines) is 1. The van der Waals surface area contributed by atoms with E-state index in [1.54, 1.807) is 4.90 Å². The molecule has 126 valence electrons. The molecule has 0 spiro atoms. The fourth-order valence-electron chi connectivity index (χ4n) is 3.43. The SMILES string of the molecule is Cc1cccc(N2CCN(CCC(=O)N3CC[C@H](O)C3)CC2)c1. The maximum absolute atomic E-state index is 12.1. The van der Waals surface area contributed by atoms with Gasteiger partial charge in [-0.05, 0) is 31.0 Å². The Morgan fingerprint density at radius 2 is 2.00 bits per heavy atom. The quantitative estimate of drug-likeness (QED) is 0.903. The minimum absolute atomic E-state index is 0.183. The summed E-state index contributed by atoms with van der Waals surface area (Å²) in [6.07, 6.45) is 0.967. The van der Waals surface area contributed by atoms with Gasteiger partial charge in [0.05, 0.1) is 6.10 Å². The van der Waals surface area contributed by atoms with Gasteiger partial charge in [-0.15, -0.1) is 0 Å². The fraction of sp³-hybridized carbons (Fsp3) is 0.611. The van der Waals surface area contributed by atoms with Crippen LogP contribution in [0.3, 0.4) is 0 Å². The third-order valence-corrected chi connectivity index (χ3v) is 4.90. The number of benzene rings is 1. The number of aliphatic hydroxyl groups excluding tert-OH is 1. The van der Waals surface area contributed by atoms with Crippen LogP contribution in [0, 0.1) is 6.92 Å². The number of hydrogen-bond acceptors (Lipinski definition) is 4. The van der Waals surface area contributed by atoms with Gasteiger partial charge in [0.1, 0.15) is 0 Å². The maximum atomic E-state index is 12.1. The minimum atomic E-state index is -0.322. The number of rotatable bonds is 4. The van der Waals surface area contributed by atoms with Crippen LogP contribution in [-0.2, 0) is 4.79 Å². The van der Waals surface area contributed by atoms with E-state index in [9.17, 15) is 9.90 Å². The summed E-state index contributed by atoms with van der Waals surface area (Å²) >= 11 is 0. The lowest BCUT2D eigenvalue weighted by Crippen LogP contribution is -2.47. The Morgan fingerprint density at radius 1 is 1.22 bits per heavy atom. The third kappa shape index (κ3) is 4.24. The number of carbonyl (C=O) groups is 1. The minimum Gasteiger partial charge on any atom is -0.391 e. The Bertz CT molecular complexity index is 541. The van der Waals surface area contributed by atoms with E-state index >= 15 is 0 Å². The number of carbonyl (C=O) groups excluding carboxylic acids is 1. The number of β-amino-alcohol motifs (C(OH)–C–C–N with tert-alkyl or cyclic N) is 1. The number of nitrogens with zero attached hydrogens (tertiary/aromatic N) is 3. The number of anilines is 1. The zero-order valence-electron chi connectivity index (χ0n) is 13.9. The summed E-state index contributed by atoms with van der Waals surface area (Å²) in [6, 6.07) is 8.64. The van der Waals surface area contributed by atoms with Gasteiger partial charge in [-0.25, -0.2) is 0 Å². The van der Waals surface area contributed by atoms with Crippen LogP contribution in [0.25, 0.3) is 0 Å². The second-order valence-corrected chi connectivity index (χ2v) is 6.70. The average molecular weight is 317 g/mol. The number of aryl methyl sites for hydroxylation is 1. The molecule has 2 fully saturated rings. The van der Waals surface area contributed by atoms with Gasteiger partial charge < -0.3 is 14.9 Å². The first-order chi connectivity index (χ1) is 11.1. The monoisotopic (exact) mass is 317 g/mol. The van der Waals surface area contributed by atoms with E-state index in [0.717, 1.165) is 39.1 Å². The van der Waals surface area contributed by atoms with Crippen LogP contribution in [0.15, 0.2) is 24.3 Å². The zero-order chi connectivity index (χ0) is 16.2. The summed E-state index contributed by atoms with van der Waals surface area (Å²) in [6.45, 7) is 8.21. The Hall–Kier alpha value is -1.59. The Morgan fingerprint density at radius 3 is 2.65 bits per heavy atom. The van der Waals surface area contributed by atoms with Gasteiger partial charge in [0.25, 0.3) is 0 Å². The topological polar surface area (TPSA) is 47.0 Å². The first kappa shape index (κ1) is 16.3. The number of aliphatic hydroxyl groups is 1. The lowest BCUT2D eigenvalue weighted by atomic mass is 10.2. The van der Waals surface area contributed by atoms with Crippen LogP contribution in [0.2, 0.25) is 0 Å². The van der Waals surface area contributed by atoms with Crippen LogP contribution in [0.1, 0.15) is 18.4 Å². The highest BCUT2D eigenvalue weighted by Crippen LogP contribution is 2.18. The van der Waals surface area contributed by atoms with E-state index in [4.69, 9.17) is 0 Å². The Labute approximate surface area is 138 Å².